The molecule has 1 fully saturated rings. The van der Waals surface area contributed by atoms with Gasteiger partial charge in [0.1, 0.15) is 4.90 Å². The first-order valence-corrected chi connectivity index (χ1v) is 7.93. The fraction of sp³-hybridized carbons (Fsp3) is 0.462. The van der Waals surface area contributed by atoms with Crippen LogP contribution in [0, 0.1) is 17.6 Å². The Morgan fingerprint density at radius 3 is 2.62 bits per heavy atom. The predicted molar refractivity (Wildman–Crippen MR) is 70.5 cm³/mol. The minimum atomic E-state index is -4.24. The van der Waals surface area contributed by atoms with Crippen LogP contribution in [-0.4, -0.2) is 36.9 Å². The quantitative estimate of drug-likeness (QED) is 0.922. The zero-order valence-electron chi connectivity index (χ0n) is 11.3. The number of aromatic carboxylic acids is 1. The molecule has 0 amide bonds. The van der Waals surface area contributed by atoms with Gasteiger partial charge < -0.3 is 5.11 Å². The normalized spacial score (nSPS) is 19.9. The summed E-state index contributed by atoms with van der Waals surface area (Å²) in [5.41, 5.74) is -0.598. The largest absolute Gasteiger partial charge is 0.478 e. The van der Waals surface area contributed by atoms with Gasteiger partial charge in [0.2, 0.25) is 10.0 Å². The van der Waals surface area contributed by atoms with Crippen molar-refractivity contribution in [2.75, 3.05) is 13.1 Å². The Morgan fingerprint density at radius 1 is 1.43 bits per heavy atom. The van der Waals surface area contributed by atoms with Crippen molar-refractivity contribution in [1.82, 2.24) is 4.31 Å². The van der Waals surface area contributed by atoms with E-state index in [2.05, 4.69) is 0 Å². The molecular formula is C13H15F2NO4S. The maximum Gasteiger partial charge on any atom is 0.335 e. The summed E-state index contributed by atoms with van der Waals surface area (Å²) in [4.78, 5) is 9.95. The highest BCUT2D eigenvalue weighted by Gasteiger charge is 2.35. The molecule has 1 aliphatic heterocycles. The lowest BCUT2D eigenvalue weighted by molar-refractivity contribution is 0.0696. The van der Waals surface area contributed by atoms with Crippen LogP contribution in [0.25, 0.3) is 0 Å². The summed E-state index contributed by atoms with van der Waals surface area (Å²) >= 11 is 0. The first kappa shape index (κ1) is 15.8. The molecule has 116 valence electrons. The van der Waals surface area contributed by atoms with Crippen LogP contribution in [0.1, 0.15) is 30.1 Å². The van der Waals surface area contributed by atoms with Crippen LogP contribution in [0.15, 0.2) is 17.0 Å². The smallest absolute Gasteiger partial charge is 0.335 e. The summed E-state index contributed by atoms with van der Waals surface area (Å²) in [6, 6.07) is 1.13. The van der Waals surface area contributed by atoms with Crippen molar-refractivity contribution < 1.29 is 27.1 Å². The van der Waals surface area contributed by atoms with Gasteiger partial charge >= 0.3 is 5.97 Å². The van der Waals surface area contributed by atoms with Crippen LogP contribution in [0.5, 0.6) is 0 Å². The third kappa shape index (κ3) is 2.91. The van der Waals surface area contributed by atoms with E-state index in [1.165, 1.54) is 0 Å². The van der Waals surface area contributed by atoms with E-state index in [9.17, 15) is 22.0 Å². The monoisotopic (exact) mass is 319 g/mol. The number of hydrogen-bond donors (Lipinski definition) is 1. The second kappa shape index (κ2) is 5.69. The van der Waals surface area contributed by atoms with Gasteiger partial charge in [0.05, 0.1) is 5.56 Å². The lowest BCUT2D eigenvalue weighted by Gasteiger charge is -2.17. The summed E-state index contributed by atoms with van der Waals surface area (Å²) < 4.78 is 53.1. The van der Waals surface area contributed by atoms with E-state index >= 15 is 0 Å². The maximum absolute atomic E-state index is 13.8. The van der Waals surface area contributed by atoms with Gasteiger partial charge in [0.15, 0.2) is 11.6 Å². The Morgan fingerprint density at radius 2 is 2.10 bits per heavy atom. The van der Waals surface area contributed by atoms with Gasteiger partial charge in [-0.05, 0) is 24.5 Å². The van der Waals surface area contributed by atoms with Crippen LogP contribution in [0.4, 0.5) is 8.78 Å². The molecule has 8 heteroatoms. The first-order valence-electron chi connectivity index (χ1n) is 6.49. The van der Waals surface area contributed by atoms with Gasteiger partial charge in [-0.15, -0.1) is 0 Å². The molecule has 0 saturated carbocycles. The lowest BCUT2D eigenvalue weighted by atomic mass is 10.1. The van der Waals surface area contributed by atoms with Crippen molar-refractivity contribution in [1.29, 1.82) is 0 Å². The Kier molecular flexibility index (Phi) is 4.29. The van der Waals surface area contributed by atoms with Gasteiger partial charge in [0.25, 0.3) is 0 Å². The predicted octanol–water partition coefficient (Wildman–Crippen LogP) is 2.08. The third-order valence-corrected chi connectivity index (χ3v) is 5.55. The molecule has 2 rings (SSSR count). The topological polar surface area (TPSA) is 74.7 Å². The Labute approximate surface area is 121 Å². The first-order chi connectivity index (χ1) is 9.77. The van der Waals surface area contributed by atoms with Crippen molar-refractivity contribution in [3.05, 3.63) is 29.3 Å². The number of carbonyl (C=O) groups is 1. The van der Waals surface area contributed by atoms with Crippen molar-refractivity contribution in [3.8, 4) is 0 Å². The molecule has 0 aliphatic carbocycles. The molecule has 1 unspecified atom stereocenters. The van der Waals surface area contributed by atoms with Gasteiger partial charge in [-0.2, -0.15) is 4.31 Å². The maximum atomic E-state index is 13.8. The van der Waals surface area contributed by atoms with Gasteiger partial charge in [0, 0.05) is 13.1 Å². The molecule has 5 nitrogen and oxygen atoms in total. The van der Waals surface area contributed by atoms with E-state index in [0.717, 1.165) is 10.7 Å². The molecule has 1 aromatic rings. The minimum absolute atomic E-state index is 0.176. The summed E-state index contributed by atoms with van der Waals surface area (Å²) in [5.74, 6) is -4.37. The van der Waals surface area contributed by atoms with Gasteiger partial charge in [-0.3, -0.25) is 0 Å². The summed E-state index contributed by atoms with van der Waals surface area (Å²) in [5, 5.41) is 8.84. The van der Waals surface area contributed by atoms with E-state index in [0.29, 0.717) is 18.6 Å². The van der Waals surface area contributed by atoms with Crippen LogP contribution in [-0.2, 0) is 10.0 Å². The third-order valence-electron chi connectivity index (χ3n) is 3.69. The van der Waals surface area contributed by atoms with Crippen molar-refractivity contribution in [2.24, 2.45) is 5.92 Å². The molecule has 0 spiro atoms. The van der Waals surface area contributed by atoms with E-state index in [1.54, 1.807) is 0 Å². The van der Waals surface area contributed by atoms with E-state index in [-0.39, 0.29) is 19.0 Å². The highest BCUT2D eigenvalue weighted by Crippen LogP contribution is 2.28. The SMILES string of the molecule is CCC1CCN(S(=O)(=O)c2cc(C(=O)O)cc(F)c2F)C1. The standard InChI is InChI=1S/C13H15F2NO4S/c1-2-8-3-4-16(7-8)21(19,20)11-6-9(13(17)18)5-10(14)12(11)15/h5-6,8H,2-4,7H2,1H3,(H,17,18). The summed E-state index contributed by atoms with van der Waals surface area (Å²) in [6.07, 6.45) is 1.44. The average molecular weight is 319 g/mol. The van der Waals surface area contributed by atoms with Crippen LogP contribution in [0.2, 0.25) is 0 Å². The van der Waals surface area contributed by atoms with Crippen molar-refractivity contribution in [2.45, 2.75) is 24.7 Å². The van der Waals surface area contributed by atoms with Crippen molar-refractivity contribution in [3.63, 3.8) is 0 Å². The molecule has 1 heterocycles. The fourth-order valence-corrected chi connectivity index (χ4v) is 3.99. The Balaban J connectivity index is 2.47. The molecular weight excluding hydrogens is 304 g/mol. The molecule has 1 aromatic carbocycles. The molecule has 1 N–H and O–H groups in total. The highest BCUT2D eigenvalue weighted by molar-refractivity contribution is 7.89. The molecule has 21 heavy (non-hydrogen) atoms. The average Bonchev–Trinajstić information content (AvgIpc) is 2.90. The summed E-state index contributed by atoms with van der Waals surface area (Å²) in [6.45, 7) is 2.38. The van der Waals surface area contributed by atoms with Crippen LogP contribution in [0.3, 0.4) is 0 Å². The zero-order valence-corrected chi connectivity index (χ0v) is 12.2. The number of benzene rings is 1. The lowest BCUT2D eigenvalue weighted by Crippen LogP contribution is -2.30. The van der Waals surface area contributed by atoms with Gasteiger partial charge in [-0.1, -0.05) is 13.3 Å². The minimum Gasteiger partial charge on any atom is -0.478 e. The molecule has 1 aliphatic rings. The summed E-state index contributed by atoms with van der Waals surface area (Å²) in [7, 11) is -4.24. The number of halogens is 2. The molecule has 1 atom stereocenters. The molecule has 0 radical (unpaired) electrons. The van der Waals surface area contributed by atoms with Gasteiger partial charge in [-0.25, -0.2) is 22.0 Å². The van der Waals surface area contributed by atoms with E-state index < -0.39 is 38.1 Å². The zero-order chi connectivity index (χ0) is 15.8. The Hall–Kier alpha value is -1.54. The van der Waals surface area contributed by atoms with Crippen LogP contribution < -0.4 is 0 Å². The molecule has 1 saturated heterocycles. The molecule has 0 bridgehead atoms. The second-order valence-electron chi connectivity index (χ2n) is 5.00. The fourth-order valence-electron chi connectivity index (χ4n) is 2.36. The van der Waals surface area contributed by atoms with E-state index in [1.807, 2.05) is 6.92 Å². The van der Waals surface area contributed by atoms with E-state index in [4.69, 9.17) is 5.11 Å². The number of nitrogens with zero attached hydrogens (tertiary/aromatic N) is 1. The number of rotatable bonds is 4. The number of carboxylic acid groups (broad SMARTS) is 1. The van der Waals surface area contributed by atoms with Crippen LogP contribution >= 0.6 is 0 Å². The second-order valence-corrected chi connectivity index (χ2v) is 6.91. The van der Waals surface area contributed by atoms with Crippen molar-refractivity contribution >= 4 is 16.0 Å². The number of carboxylic acids is 1. The number of sulfonamides is 1. The highest BCUT2D eigenvalue weighted by atomic mass is 32.2. The molecule has 0 aromatic heterocycles. The Bertz CT molecular complexity index is 675. The number of hydrogen-bond acceptors (Lipinski definition) is 3.